The third-order valence-electron chi connectivity index (χ3n) is 2.07. The normalized spacial score (nSPS) is 11.6. The van der Waals surface area contributed by atoms with Crippen LogP contribution >= 0.6 is 0 Å². The van der Waals surface area contributed by atoms with Crippen LogP contribution in [0.5, 0.6) is 0 Å². The van der Waals surface area contributed by atoms with Gasteiger partial charge in [-0.3, -0.25) is 9.69 Å². The summed E-state index contributed by atoms with van der Waals surface area (Å²) in [5.41, 5.74) is 0. The van der Waals surface area contributed by atoms with Crippen LogP contribution in [0, 0.1) is 0 Å². The van der Waals surface area contributed by atoms with E-state index in [0.717, 1.165) is 0 Å². The standard InChI is InChI=1S/C13H19N2O/c1-5-9-14(10-6-2)13(8-4)15(12-16)11-7-3/h5-8,13H,1-4,9-11H2. The van der Waals surface area contributed by atoms with Gasteiger partial charge in [-0.2, -0.15) is 0 Å². The van der Waals surface area contributed by atoms with Crippen LogP contribution in [0.2, 0.25) is 0 Å². The molecule has 87 valence electrons. The quantitative estimate of drug-likeness (QED) is 0.317. The predicted octanol–water partition coefficient (Wildman–Crippen LogP) is 1.73. The van der Waals surface area contributed by atoms with Crippen LogP contribution in [0.15, 0.2) is 50.6 Å². The monoisotopic (exact) mass is 219 g/mol. The molecule has 3 heteroatoms. The highest BCUT2D eigenvalue weighted by Gasteiger charge is 2.19. The average molecular weight is 219 g/mol. The van der Waals surface area contributed by atoms with Crippen LogP contribution in [0.1, 0.15) is 0 Å². The zero-order valence-corrected chi connectivity index (χ0v) is 9.64. The molecule has 0 aliphatic carbocycles. The zero-order chi connectivity index (χ0) is 12.4. The van der Waals surface area contributed by atoms with Crippen LogP contribution in [-0.2, 0) is 4.79 Å². The fourth-order valence-corrected chi connectivity index (χ4v) is 1.43. The second-order valence-electron chi connectivity index (χ2n) is 3.21. The molecule has 1 atom stereocenters. The van der Waals surface area contributed by atoms with Gasteiger partial charge >= 0.3 is 6.41 Å². The van der Waals surface area contributed by atoms with E-state index >= 15 is 0 Å². The molecule has 1 unspecified atom stereocenters. The molecule has 1 radical (unpaired) electrons. The van der Waals surface area contributed by atoms with E-state index in [0.29, 0.717) is 19.6 Å². The van der Waals surface area contributed by atoms with Crippen molar-refractivity contribution < 1.29 is 4.79 Å². The summed E-state index contributed by atoms with van der Waals surface area (Å²) in [4.78, 5) is 14.3. The summed E-state index contributed by atoms with van der Waals surface area (Å²) in [6, 6.07) is 0. The van der Waals surface area contributed by atoms with Gasteiger partial charge in [-0.15, -0.1) is 19.7 Å². The van der Waals surface area contributed by atoms with Gasteiger partial charge in [-0.25, -0.2) is 0 Å². The van der Waals surface area contributed by atoms with E-state index in [9.17, 15) is 4.79 Å². The maximum atomic E-state index is 10.8. The lowest BCUT2D eigenvalue weighted by Crippen LogP contribution is -2.46. The van der Waals surface area contributed by atoms with E-state index in [-0.39, 0.29) is 6.17 Å². The van der Waals surface area contributed by atoms with Crippen molar-refractivity contribution in [3.05, 3.63) is 50.6 Å². The van der Waals surface area contributed by atoms with Gasteiger partial charge in [-0.05, 0) is 0 Å². The summed E-state index contributed by atoms with van der Waals surface area (Å²) in [7, 11) is 0. The maximum Gasteiger partial charge on any atom is 0.313 e. The van der Waals surface area contributed by atoms with Crippen LogP contribution in [0.4, 0.5) is 0 Å². The van der Waals surface area contributed by atoms with Crippen molar-refractivity contribution in [1.29, 1.82) is 0 Å². The van der Waals surface area contributed by atoms with Crippen molar-refractivity contribution in [2.24, 2.45) is 0 Å². The molecule has 16 heavy (non-hydrogen) atoms. The molecule has 0 aromatic heterocycles. The van der Waals surface area contributed by atoms with Crippen molar-refractivity contribution in [2.75, 3.05) is 19.6 Å². The SMILES string of the molecule is C=CCN([C]=O)C(C=C)N(CC=C)CC=C. The van der Waals surface area contributed by atoms with E-state index < -0.39 is 0 Å². The van der Waals surface area contributed by atoms with Crippen molar-refractivity contribution in [1.82, 2.24) is 9.80 Å². The Morgan fingerprint density at radius 3 is 1.81 bits per heavy atom. The first kappa shape index (κ1) is 14.4. The number of rotatable bonds is 10. The lowest BCUT2D eigenvalue weighted by atomic mass is 10.3. The van der Waals surface area contributed by atoms with Gasteiger partial charge in [0.25, 0.3) is 0 Å². The third-order valence-corrected chi connectivity index (χ3v) is 2.07. The molecule has 0 saturated heterocycles. The second kappa shape index (κ2) is 8.68. The summed E-state index contributed by atoms with van der Waals surface area (Å²) in [5, 5.41) is 0. The van der Waals surface area contributed by atoms with Crippen LogP contribution in [-0.4, -0.2) is 42.0 Å². The molecule has 0 bridgehead atoms. The zero-order valence-electron chi connectivity index (χ0n) is 9.64. The molecule has 0 spiro atoms. The third kappa shape index (κ3) is 4.28. The highest BCUT2D eigenvalue weighted by atomic mass is 16.1. The first-order valence-corrected chi connectivity index (χ1v) is 5.08. The van der Waals surface area contributed by atoms with E-state index in [1.54, 1.807) is 24.3 Å². The van der Waals surface area contributed by atoms with Crippen LogP contribution in [0.3, 0.4) is 0 Å². The molecular weight excluding hydrogens is 200 g/mol. The topological polar surface area (TPSA) is 23.6 Å². The number of hydrogen-bond acceptors (Lipinski definition) is 2. The Balaban J connectivity index is 4.77. The molecule has 0 heterocycles. The average Bonchev–Trinajstić information content (AvgIpc) is 2.29. The number of carbonyl (C=O) groups excluding carboxylic acids is 1. The van der Waals surface area contributed by atoms with E-state index in [4.69, 9.17) is 0 Å². The Kier molecular flexibility index (Phi) is 7.81. The second-order valence-corrected chi connectivity index (χ2v) is 3.21. The molecule has 0 aliphatic rings. The van der Waals surface area contributed by atoms with Crippen LogP contribution in [0.25, 0.3) is 0 Å². The predicted molar refractivity (Wildman–Crippen MR) is 68.5 cm³/mol. The molecule has 0 fully saturated rings. The first-order valence-electron chi connectivity index (χ1n) is 5.08. The molecule has 0 rings (SSSR count). The summed E-state index contributed by atoms with van der Waals surface area (Å²) in [6.45, 7) is 16.4. The summed E-state index contributed by atoms with van der Waals surface area (Å²) in [6.07, 6.45) is 8.57. The number of nitrogens with zero attached hydrogens (tertiary/aromatic N) is 2. The van der Waals surface area contributed by atoms with Crippen LogP contribution < -0.4 is 0 Å². The van der Waals surface area contributed by atoms with Crippen molar-refractivity contribution in [2.45, 2.75) is 6.17 Å². The number of amides is 1. The van der Waals surface area contributed by atoms with E-state index in [1.165, 1.54) is 4.90 Å². The molecule has 3 nitrogen and oxygen atoms in total. The van der Waals surface area contributed by atoms with Gasteiger partial charge in [0.15, 0.2) is 0 Å². The highest BCUT2D eigenvalue weighted by molar-refractivity contribution is 5.49. The largest absolute Gasteiger partial charge is 0.313 e. The fraction of sp³-hybridized carbons (Fsp3) is 0.308. The molecule has 1 amide bonds. The van der Waals surface area contributed by atoms with E-state index in [1.807, 2.05) is 11.3 Å². The summed E-state index contributed by atoms with van der Waals surface area (Å²) < 4.78 is 0. The number of hydrogen-bond donors (Lipinski definition) is 0. The van der Waals surface area contributed by atoms with Gasteiger partial charge in [0, 0.05) is 19.6 Å². The molecule has 0 aromatic rings. The van der Waals surface area contributed by atoms with Gasteiger partial charge in [0.2, 0.25) is 0 Å². The minimum atomic E-state index is -0.216. The minimum absolute atomic E-state index is 0.216. The molecule has 0 aliphatic heterocycles. The fourth-order valence-electron chi connectivity index (χ4n) is 1.43. The van der Waals surface area contributed by atoms with E-state index in [2.05, 4.69) is 26.3 Å². The first-order chi connectivity index (χ1) is 7.74. The Labute approximate surface area is 98.0 Å². The van der Waals surface area contributed by atoms with Crippen molar-refractivity contribution >= 4 is 6.41 Å². The summed E-state index contributed by atoms with van der Waals surface area (Å²) >= 11 is 0. The molecular formula is C13H19N2O. The Bertz CT molecular complexity index is 251. The smallest absolute Gasteiger partial charge is 0.311 e. The lowest BCUT2D eigenvalue weighted by Gasteiger charge is -2.33. The molecule has 0 N–H and O–H groups in total. The van der Waals surface area contributed by atoms with Crippen molar-refractivity contribution in [3.63, 3.8) is 0 Å². The molecule has 0 aromatic carbocycles. The Morgan fingerprint density at radius 2 is 1.50 bits per heavy atom. The lowest BCUT2D eigenvalue weighted by molar-refractivity contribution is 0.160. The summed E-state index contributed by atoms with van der Waals surface area (Å²) in [5.74, 6) is 0. The minimum Gasteiger partial charge on any atom is -0.311 e. The Morgan fingerprint density at radius 1 is 1.00 bits per heavy atom. The maximum absolute atomic E-state index is 10.8. The highest BCUT2D eigenvalue weighted by Crippen LogP contribution is 2.06. The van der Waals surface area contributed by atoms with Gasteiger partial charge in [-0.1, -0.05) is 30.9 Å². The van der Waals surface area contributed by atoms with Gasteiger partial charge in [0.05, 0.1) is 0 Å². The van der Waals surface area contributed by atoms with Gasteiger partial charge < -0.3 is 4.90 Å². The Hall–Kier alpha value is -1.61. The van der Waals surface area contributed by atoms with Gasteiger partial charge in [0.1, 0.15) is 6.17 Å². The van der Waals surface area contributed by atoms with Crippen molar-refractivity contribution in [3.8, 4) is 0 Å². The molecule has 0 saturated carbocycles.